The van der Waals surface area contributed by atoms with Gasteiger partial charge in [-0.2, -0.15) is 0 Å². The monoisotopic (exact) mass is 185 g/mol. The number of amides is 1. The first-order valence-electron chi connectivity index (χ1n) is 4.14. The highest BCUT2D eigenvalue weighted by molar-refractivity contribution is 8.00. The van der Waals surface area contributed by atoms with Gasteiger partial charge in [0, 0.05) is 6.54 Å². The van der Waals surface area contributed by atoms with E-state index >= 15 is 0 Å². The Bertz CT molecular complexity index is 241. The molecule has 3 nitrogen and oxygen atoms in total. The lowest BCUT2D eigenvalue weighted by Crippen LogP contribution is -2.63. The Morgan fingerprint density at radius 2 is 2.42 bits per heavy atom. The van der Waals surface area contributed by atoms with Crippen LogP contribution in [-0.4, -0.2) is 34.3 Å². The number of carbonyl (C=O) groups is 2. The second-order valence-electron chi connectivity index (χ2n) is 3.23. The summed E-state index contributed by atoms with van der Waals surface area (Å²) in [5.74, 6) is 0.823. The van der Waals surface area contributed by atoms with Gasteiger partial charge in [0.25, 0.3) is 0 Å². The number of β-lactam (4-membered cyclic amide) rings is 1. The lowest BCUT2D eigenvalue weighted by molar-refractivity contribution is -0.155. The van der Waals surface area contributed by atoms with Crippen molar-refractivity contribution in [3.63, 3.8) is 0 Å². The molecule has 2 heterocycles. The summed E-state index contributed by atoms with van der Waals surface area (Å²) in [6.07, 6.45) is 1.07. The molecular formula is C8H11NO2S. The molecule has 0 bridgehead atoms. The first-order chi connectivity index (χ1) is 5.72. The molecule has 0 spiro atoms. The Morgan fingerprint density at radius 3 is 3.08 bits per heavy atom. The van der Waals surface area contributed by atoms with E-state index in [1.54, 1.807) is 11.8 Å². The topological polar surface area (TPSA) is 37.4 Å². The molecule has 66 valence electrons. The quantitative estimate of drug-likeness (QED) is 0.441. The molecule has 0 aliphatic carbocycles. The van der Waals surface area contributed by atoms with Gasteiger partial charge in [-0.25, -0.2) is 0 Å². The van der Waals surface area contributed by atoms with E-state index in [9.17, 15) is 9.59 Å². The molecule has 0 radical (unpaired) electrons. The number of thioether (sulfide) groups is 1. The van der Waals surface area contributed by atoms with Crippen molar-refractivity contribution in [2.75, 3.05) is 12.3 Å². The highest BCUT2D eigenvalue weighted by atomic mass is 32.2. The van der Waals surface area contributed by atoms with Gasteiger partial charge in [-0.05, 0) is 19.1 Å². The minimum Gasteiger partial charge on any atom is -0.329 e. The fourth-order valence-electron chi connectivity index (χ4n) is 1.76. The molecule has 2 saturated heterocycles. The van der Waals surface area contributed by atoms with Crippen molar-refractivity contribution in [3.05, 3.63) is 0 Å². The summed E-state index contributed by atoms with van der Waals surface area (Å²) >= 11 is 1.74. The van der Waals surface area contributed by atoms with Crippen LogP contribution >= 0.6 is 11.8 Å². The van der Waals surface area contributed by atoms with E-state index in [1.165, 1.54) is 6.92 Å². The average Bonchev–Trinajstić information content (AvgIpc) is 2.03. The lowest BCUT2D eigenvalue weighted by Gasteiger charge is -2.48. The Kier molecular flexibility index (Phi) is 1.87. The van der Waals surface area contributed by atoms with Crippen molar-refractivity contribution < 1.29 is 9.59 Å². The predicted octanol–water partition coefficient (Wildman–Crippen LogP) is 0.497. The zero-order valence-corrected chi connectivity index (χ0v) is 7.76. The minimum absolute atomic E-state index is 0.0238. The second-order valence-corrected chi connectivity index (χ2v) is 4.46. The molecule has 0 saturated carbocycles. The molecule has 12 heavy (non-hydrogen) atoms. The fraction of sp³-hybridized carbons (Fsp3) is 0.750. The van der Waals surface area contributed by atoms with Gasteiger partial charge in [-0.1, -0.05) is 0 Å². The average molecular weight is 185 g/mol. The maximum atomic E-state index is 11.3. The molecule has 0 N–H and O–H groups in total. The maximum Gasteiger partial charge on any atom is 0.237 e. The van der Waals surface area contributed by atoms with Crippen molar-refractivity contribution in [2.24, 2.45) is 5.92 Å². The third-order valence-corrected chi connectivity index (χ3v) is 3.80. The van der Waals surface area contributed by atoms with Crippen molar-refractivity contribution in [1.82, 2.24) is 4.90 Å². The van der Waals surface area contributed by atoms with Crippen LogP contribution in [0.5, 0.6) is 0 Å². The van der Waals surface area contributed by atoms with Gasteiger partial charge in [0.15, 0.2) is 0 Å². The van der Waals surface area contributed by atoms with Crippen LogP contribution in [0.15, 0.2) is 0 Å². The summed E-state index contributed by atoms with van der Waals surface area (Å²) in [7, 11) is 0. The number of Topliss-reactive ketones (excluding diaryl/α,β-unsaturated/α-hetero) is 1. The third-order valence-electron chi connectivity index (χ3n) is 2.41. The van der Waals surface area contributed by atoms with E-state index in [2.05, 4.69) is 0 Å². The molecule has 2 rings (SSSR count). The van der Waals surface area contributed by atoms with Crippen LogP contribution in [0.3, 0.4) is 0 Å². The largest absolute Gasteiger partial charge is 0.329 e. The zero-order chi connectivity index (χ0) is 8.72. The van der Waals surface area contributed by atoms with E-state index in [0.29, 0.717) is 0 Å². The SMILES string of the molecule is CC(=O)C1C(=O)N2CCCS[C@@H]12. The number of hydrogen-bond donors (Lipinski definition) is 0. The standard InChI is InChI=1S/C8H11NO2S/c1-5(10)6-7(11)9-3-2-4-12-8(6)9/h6,8H,2-4H2,1H3/t6?,8-/m0/s1. The minimum atomic E-state index is -0.324. The number of nitrogens with zero attached hydrogens (tertiary/aromatic N) is 1. The number of fused-ring (bicyclic) bond motifs is 1. The first-order valence-corrected chi connectivity index (χ1v) is 5.19. The van der Waals surface area contributed by atoms with Crippen LogP contribution in [0.1, 0.15) is 13.3 Å². The molecule has 0 aromatic heterocycles. The van der Waals surface area contributed by atoms with Gasteiger partial charge in [-0.15, -0.1) is 11.8 Å². The second kappa shape index (κ2) is 2.76. The summed E-state index contributed by atoms with van der Waals surface area (Å²) in [6, 6.07) is 0. The third kappa shape index (κ3) is 0.975. The molecule has 4 heteroatoms. The first kappa shape index (κ1) is 8.10. The summed E-state index contributed by atoms with van der Waals surface area (Å²) < 4.78 is 0. The van der Waals surface area contributed by atoms with Gasteiger partial charge >= 0.3 is 0 Å². The molecule has 1 unspecified atom stereocenters. The van der Waals surface area contributed by atoms with E-state index in [1.807, 2.05) is 4.90 Å². The zero-order valence-electron chi connectivity index (χ0n) is 6.95. The van der Waals surface area contributed by atoms with Crippen molar-refractivity contribution in [3.8, 4) is 0 Å². The number of ketones is 1. The fourth-order valence-corrected chi connectivity index (χ4v) is 3.19. The van der Waals surface area contributed by atoms with Crippen LogP contribution in [0, 0.1) is 5.92 Å². The van der Waals surface area contributed by atoms with E-state index in [-0.39, 0.29) is 23.0 Å². The molecule has 0 aromatic rings. The Balaban J connectivity index is 2.10. The lowest BCUT2D eigenvalue weighted by atomic mass is 9.94. The van der Waals surface area contributed by atoms with Gasteiger partial charge < -0.3 is 4.90 Å². The molecule has 2 fully saturated rings. The highest BCUT2D eigenvalue weighted by Gasteiger charge is 2.50. The normalized spacial score (nSPS) is 34.1. The van der Waals surface area contributed by atoms with Crippen molar-refractivity contribution >= 4 is 23.5 Å². The summed E-state index contributed by atoms with van der Waals surface area (Å²) in [5, 5.41) is 0.170. The van der Waals surface area contributed by atoms with Crippen LogP contribution in [0.25, 0.3) is 0 Å². The van der Waals surface area contributed by atoms with Crippen LogP contribution in [0.2, 0.25) is 0 Å². The van der Waals surface area contributed by atoms with Crippen LogP contribution < -0.4 is 0 Å². The van der Waals surface area contributed by atoms with Crippen LogP contribution in [-0.2, 0) is 9.59 Å². The maximum absolute atomic E-state index is 11.3. The Morgan fingerprint density at radius 1 is 1.67 bits per heavy atom. The van der Waals surface area contributed by atoms with Gasteiger partial charge in [0.2, 0.25) is 5.91 Å². The number of rotatable bonds is 1. The van der Waals surface area contributed by atoms with E-state index in [0.717, 1.165) is 18.7 Å². The molecule has 2 aliphatic heterocycles. The Hall–Kier alpha value is -0.510. The van der Waals surface area contributed by atoms with Crippen LogP contribution in [0.4, 0.5) is 0 Å². The van der Waals surface area contributed by atoms with Gasteiger partial charge in [-0.3, -0.25) is 9.59 Å². The number of hydrogen-bond acceptors (Lipinski definition) is 3. The molecule has 1 amide bonds. The Labute approximate surface area is 75.5 Å². The summed E-state index contributed by atoms with van der Waals surface area (Å²) in [5.41, 5.74) is 0. The number of carbonyl (C=O) groups excluding carboxylic acids is 2. The van der Waals surface area contributed by atoms with E-state index in [4.69, 9.17) is 0 Å². The smallest absolute Gasteiger partial charge is 0.237 e. The van der Waals surface area contributed by atoms with Gasteiger partial charge in [0.1, 0.15) is 11.7 Å². The van der Waals surface area contributed by atoms with Gasteiger partial charge in [0.05, 0.1) is 5.37 Å². The highest BCUT2D eigenvalue weighted by Crippen LogP contribution is 2.38. The molecule has 0 aromatic carbocycles. The summed E-state index contributed by atoms with van der Waals surface area (Å²) in [6.45, 7) is 2.36. The predicted molar refractivity (Wildman–Crippen MR) is 46.7 cm³/mol. The van der Waals surface area contributed by atoms with Crippen molar-refractivity contribution in [1.29, 1.82) is 0 Å². The van der Waals surface area contributed by atoms with Crippen molar-refractivity contribution in [2.45, 2.75) is 18.7 Å². The molecular weight excluding hydrogens is 174 g/mol. The molecule has 2 atom stereocenters. The summed E-state index contributed by atoms with van der Waals surface area (Å²) in [4.78, 5) is 24.2. The van der Waals surface area contributed by atoms with E-state index < -0.39 is 0 Å². The molecule has 2 aliphatic rings.